The van der Waals surface area contributed by atoms with Crippen molar-refractivity contribution in [1.29, 1.82) is 0 Å². The number of aliphatic hydroxyl groups excluding tert-OH is 1. The SMILES string of the molecule is COC(=O)c1ccc(N2CC(CO)CC2=O)cc1C. The summed E-state index contributed by atoms with van der Waals surface area (Å²) in [4.78, 5) is 25.0. The summed E-state index contributed by atoms with van der Waals surface area (Å²) >= 11 is 0. The first-order valence-electron chi connectivity index (χ1n) is 6.17. The van der Waals surface area contributed by atoms with Crippen molar-refractivity contribution in [3.05, 3.63) is 29.3 Å². The van der Waals surface area contributed by atoms with E-state index in [2.05, 4.69) is 4.74 Å². The standard InChI is InChI=1S/C14H17NO4/c1-9-5-11(3-4-12(9)14(18)19-2)15-7-10(8-16)6-13(15)17/h3-5,10,16H,6-8H2,1-2H3. The number of methoxy groups -OCH3 is 1. The Labute approximate surface area is 111 Å². The number of anilines is 1. The van der Waals surface area contributed by atoms with Gasteiger partial charge in [-0.2, -0.15) is 0 Å². The highest BCUT2D eigenvalue weighted by Crippen LogP contribution is 2.26. The lowest BCUT2D eigenvalue weighted by Crippen LogP contribution is -2.25. The average molecular weight is 263 g/mol. The fraction of sp³-hybridized carbons (Fsp3) is 0.429. The van der Waals surface area contributed by atoms with Crippen molar-refractivity contribution in [3.63, 3.8) is 0 Å². The molecule has 1 aliphatic heterocycles. The maximum absolute atomic E-state index is 11.9. The van der Waals surface area contributed by atoms with Gasteiger partial charge in [-0.15, -0.1) is 0 Å². The number of ether oxygens (including phenoxy) is 1. The number of carbonyl (C=O) groups excluding carboxylic acids is 2. The van der Waals surface area contributed by atoms with E-state index in [0.29, 0.717) is 18.5 Å². The summed E-state index contributed by atoms with van der Waals surface area (Å²) in [6.07, 6.45) is 0.369. The van der Waals surface area contributed by atoms with Crippen LogP contribution in [0.4, 0.5) is 5.69 Å². The molecule has 2 rings (SSSR count). The second-order valence-corrected chi connectivity index (χ2v) is 4.75. The van der Waals surface area contributed by atoms with Crippen LogP contribution in [0.2, 0.25) is 0 Å². The van der Waals surface area contributed by atoms with Gasteiger partial charge >= 0.3 is 5.97 Å². The Kier molecular flexibility index (Phi) is 3.85. The molecular formula is C14H17NO4. The van der Waals surface area contributed by atoms with Crippen LogP contribution in [0.25, 0.3) is 0 Å². The zero-order valence-corrected chi connectivity index (χ0v) is 11.0. The van der Waals surface area contributed by atoms with Crippen molar-refractivity contribution >= 4 is 17.6 Å². The summed E-state index contributed by atoms with van der Waals surface area (Å²) in [6, 6.07) is 5.19. The summed E-state index contributed by atoms with van der Waals surface area (Å²) in [5, 5.41) is 9.11. The molecule has 5 heteroatoms. The van der Waals surface area contributed by atoms with Gasteiger partial charge in [0.1, 0.15) is 0 Å². The lowest BCUT2D eigenvalue weighted by Gasteiger charge is -2.17. The zero-order chi connectivity index (χ0) is 14.0. The second-order valence-electron chi connectivity index (χ2n) is 4.75. The molecule has 1 fully saturated rings. The number of aliphatic hydroxyl groups is 1. The van der Waals surface area contributed by atoms with Gasteiger partial charge in [-0.1, -0.05) is 0 Å². The van der Waals surface area contributed by atoms with Gasteiger partial charge in [0.25, 0.3) is 0 Å². The molecule has 1 N–H and O–H groups in total. The second kappa shape index (κ2) is 5.40. The Morgan fingerprint density at radius 1 is 1.53 bits per heavy atom. The number of hydrogen-bond acceptors (Lipinski definition) is 4. The lowest BCUT2D eigenvalue weighted by molar-refractivity contribution is -0.117. The molecule has 1 saturated heterocycles. The van der Waals surface area contributed by atoms with Gasteiger partial charge < -0.3 is 14.7 Å². The minimum Gasteiger partial charge on any atom is -0.465 e. The van der Waals surface area contributed by atoms with Crippen molar-refractivity contribution in [2.24, 2.45) is 5.92 Å². The van der Waals surface area contributed by atoms with E-state index in [0.717, 1.165) is 11.3 Å². The number of hydrogen-bond donors (Lipinski definition) is 1. The summed E-state index contributed by atoms with van der Waals surface area (Å²) in [6.45, 7) is 2.34. The van der Waals surface area contributed by atoms with Gasteiger partial charge in [0.2, 0.25) is 5.91 Å². The summed E-state index contributed by atoms with van der Waals surface area (Å²) in [5.41, 5.74) is 2.02. The summed E-state index contributed by atoms with van der Waals surface area (Å²) in [7, 11) is 1.34. The molecule has 0 aliphatic carbocycles. The first-order chi connectivity index (χ1) is 9.06. The fourth-order valence-electron chi connectivity index (χ4n) is 2.31. The largest absolute Gasteiger partial charge is 0.465 e. The number of benzene rings is 1. The molecule has 1 unspecified atom stereocenters. The maximum Gasteiger partial charge on any atom is 0.338 e. The van der Waals surface area contributed by atoms with Gasteiger partial charge in [-0.05, 0) is 30.7 Å². The van der Waals surface area contributed by atoms with E-state index in [1.807, 2.05) is 0 Å². The van der Waals surface area contributed by atoms with E-state index in [-0.39, 0.29) is 24.4 Å². The van der Waals surface area contributed by atoms with Crippen LogP contribution in [0, 0.1) is 12.8 Å². The predicted molar refractivity (Wildman–Crippen MR) is 70.1 cm³/mol. The molecular weight excluding hydrogens is 246 g/mol. The number of amides is 1. The van der Waals surface area contributed by atoms with Crippen LogP contribution in [0.1, 0.15) is 22.3 Å². The van der Waals surface area contributed by atoms with E-state index in [9.17, 15) is 9.59 Å². The van der Waals surface area contributed by atoms with Crippen LogP contribution in [0.5, 0.6) is 0 Å². The number of esters is 1. The first kappa shape index (κ1) is 13.5. The molecule has 5 nitrogen and oxygen atoms in total. The van der Waals surface area contributed by atoms with E-state index in [4.69, 9.17) is 5.11 Å². The van der Waals surface area contributed by atoms with Crippen molar-refractivity contribution in [2.45, 2.75) is 13.3 Å². The normalized spacial score (nSPS) is 18.8. The van der Waals surface area contributed by atoms with Crippen LogP contribution in [-0.4, -0.2) is 37.2 Å². The Morgan fingerprint density at radius 2 is 2.26 bits per heavy atom. The van der Waals surface area contributed by atoms with Gasteiger partial charge in [-0.3, -0.25) is 4.79 Å². The zero-order valence-electron chi connectivity index (χ0n) is 11.0. The molecule has 0 spiro atoms. The van der Waals surface area contributed by atoms with Crippen LogP contribution >= 0.6 is 0 Å². The van der Waals surface area contributed by atoms with E-state index >= 15 is 0 Å². The van der Waals surface area contributed by atoms with E-state index in [1.165, 1.54) is 7.11 Å². The molecule has 1 amide bonds. The highest BCUT2D eigenvalue weighted by atomic mass is 16.5. The first-order valence-corrected chi connectivity index (χ1v) is 6.17. The van der Waals surface area contributed by atoms with Crippen molar-refractivity contribution in [2.75, 3.05) is 25.2 Å². The Balaban J connectivity index is 2.25. The van der Waals surface area contributed by atoms with Gasteiger partial charge in [0.15, 0.2) is 0 Å². The third kappa shape index (κ3) is 2.61. The fourth-order valence-corrected chi connectivity index (χ4v) is 2.31. The highest BCUT2D eigenvalue weighted by molar-refractivity contribution is 5.97. The molecule has 19 heavy (non-hydrogen) atoms. The molecule has 0 aromatic heterocycles. The van der Waals surface area contributed by atoms with Crippen LogP contribution in [0.3, 0.4) is 0 Å². The Hall–Kier alpha value is -1.88. The maximum atomic E-state index is 11.9. The van der Waals surface area contributed by atoms with Crippen LogP contribution in [-0.2, 0) is 9.53 Å². The van der Waals surface area contributed by atoms with Gasteiger partial charge in [0, 0.05) is 31.2 Å². The molecule has 0 bridgehead atoms. The third-order valence-electron chi connectivity index (χ3n) is 3.39. The molecule has 1 heterocycles. The molecule has 1 aromatic rings. The number of aryl methyl sites for hydroxylation is 1. The molecule has 0 saturated carbocycles. The number of carbonyl (C=O) groups is 2. The Bertz CT molecular complexity index is 512. The highest BCUT2D eigenvalue weighted by Gasteiger charge is 2.30. The van der Waals surface area contributed by atoms with Crippen molar-refractivity contribution < 1.29 is 19.4 Å². The summed E-state index contributed by atoms with van der Waals surface area (Å²) in [5.74, 6) is -0.387. The number of rotatable bonds is 3. The minimum atomic E-state index is -0.384. The summed E-state index contributed by atoms with van der Waals surface area (Å²) < 4.78 is 4.69. The molecule has 1 aromatic carbocycles. The van der Waals surface area contributed by atoms with Gasteiger partial charge in [0.05, 0.1) is 12.7 Å². The topological polar surface area (TPSA) is 66.8 Å². The Morgan fingerprint density at radius 3 is 2.79 bits per heavy atom. The minimum absolute atomic E-state index is 0.00395. The molecule has 0 radical (unpaired) electrons. The van der Waals surface area contributed by atoms with E-state index in [1.54, 1.807) is 30.0 Å². The van der Waals surface area contributed by atoms with Crippen LogP contribution in [0.15, 0.2) is 18.2 Å². The average Bonchev–Trinajstić information content (AvgIpc) is 2.79. The van der Waals surface area contributed by atoms with Crippen LogP contribution < -0.4 is 4.90 Å². The smallest absolute Gasteiger partial charge is 0.338 e. The molecule has 1 atom stereocenters. The van der Waals surface area contributed by atoms with Crippen molar-refractivity contribution in [3.8, 4) is 0 Å². The quantitative estimate of drug-likeness (QED) is 0.830. The predicted octanol–water partition coefficient (Wildman–Crippen LogP) is 1.13. The monoisotopic (exact) mass is 263 g/mol. The van der Waals surface area contributed by atoms with E-state index < -0.39 is 0 Å². The molecule has 102 valence electrons. The number of nitrogens with zero attached hydrogens (tertiary/aromatic N) is 1. The lowest BCUT2D eigenvalue weighted by atomic mass is 10.1. The third-order valence-corrected chi connectivity index (χ3v) is 3.39. The molecule has 1 aliphatic rings. The van der Waals surface area contributed by atoms with Crippen molar-refractivity contribution in [1.82, 2.24) is 0 Å². The van der Waals surface area contributed by atoms with Gasteiger partial charge in [-0.25, -0.2) is 4.79 Å².